The third-order valence-corrected chi connectivity index (χ3v) is 3.75. The fourth-order valence-corrected chi connectivity index (χ4v) is 3.41. The Morgan fingerprint density at radius 2 is 1.77 bits per heavy atom. The van der Waals surface area contributed by atoms with Gasteiger partial charge in [-0.2, -0.15) is 0 Å². The summed E-state index contributed by atoms with van der Waals surface area (Å²) >= 11 is 0. The monoisotopic (exact) mass is 182 g/mol. The van der Waals surface area contributed by atoms with Crippen LogP contribution in [0.1, 0.15) is 72.1 Å². The van der Waals surface area contributed by atoms with Crippen LogP contribution in [0.4, 0.5) is 0 Å². The van der Waals surface area contributed by atoms with Gasteiger partial charge in [0.1, 0.15) is 0 Å². The zero-order valence-electron chi connectivity index (χ0n) is 9.73. The summed E-state index contributed by atoms with van der Waals surface area (Å²) in [6.07, 6.45) is 11.7. The number of rotatable bonds is 4. The first-order valence-electron chi connectivity index (χ1n) is 6.22. The summed E-state index contributed by atoms with van der Waals surface area (Å²) in [6, 6.07) is 0. The zero-order chi connectivity index (χ0) is 9.73. The Kier molecular flexibility index (Phi) is 4.28. The molecule has 1 unspecified atom stereocenters. The Balaban J connectivity index is 2.53. The Hall–Kier alpha value is 0. The normalized spacial score (nSPS) is 27.5. The Labute approximate surface area is 84.1 Å². The van der Waals surface area contributed by atoms with Crippen LogP contribution < -0.4 is 0 Å². The molecule has 1 fully saturated rings. The predicted molar refractivity (Wildman–Crippen MR) is 59.9 cm³/mol. The van der Waals surface area contributed by atoms with E-state index in [1.54, 1.807) is 0 Å². The quantitative estimate of drug-likeness (QED) is 0.587. The first-order valence-corrected chi connectivity index (χ1v) is 6.22. The van der Waals surface area contributed by atoms with Gasteiger partial charge in [-0.05, 0) is 37.0 Å². The van der Waals surface area contributed by atoms with Crippen LogP contribution in [0.25, 0.3) is 0 Å². The van der Waals surface area contributed by atoms with Crippen molar-refractivity contribution in [2.45, 2.75) is 72.1 Å². The van der Waals surface area contributed by atoms with Crippen molar-refractivity contribution < 1.29 is 0 Å². The van der Waals surface area contributed by atoms with Crippen LogP contribution in [0, 0.1) is 11.3 Å². The summed E-state index contributed by atoms with van der Waals surface area (Å²) in [5.74, 6) is 0.992. The molecule has 1 rings (SSSR count). The molecule has 0 heterocycles. The fourth-order valence-electron chi connectivity index (χ4n) is 3.41. The SMILES string of the molecule is CCCC1(CCC)CCCC(C)C1. The van der Waals surface area contributed by atoms with E-state index in [0.29, 0.717) is 0 Å². The summed E-state index contributed by atoms with van der Waals surface area (Å²) in [7, 11) is 0. The maximum atomic E-state index is 2.44. The second kappa shape index (κ2) is 5.02. The van der Waals surface area contributed by atoms with Gasteiger partial charge in [-0.25, -0.2) is 0 Å². The molecule has 0 radical (unpaired) electrons. The number of hydrogen-bond acceptors (Lipinski definition) is 0. The predicted octanol–water partition coefficient (Wildman–Crippen LogP) is 4.78. The first kappa shape index (κ1) is 11.1. The number of hydrogen-bond donors (Lipinski definition) is 0. The molecule has 0 aromatic carbocycles. The molecule has 1 saturated carbocycles. The highest BCUT2D eigenvalue weighted by atomic mass is 14.4. The fraction of sp³-hybridized carbons (Fsp3) is 1.00. The molecule has 1 atom stereocenters. The van der Waals surface area contributed by atoms with Gasteiger partial charge < -0.3 is 0 Å². The van der Waals surface area contributed by atoms with Gasteiger partial charge in [0.2, 0.25) is 0 Å². The molecule has 1 aliphatic rings. The summed E-state index contributed by atoms with van der Waals surface area (Å²) in [4.78, 5) is 0. The molecule has 0 amide bonds. The Morgan fingerprint density at radius 3 is 2.23 bits per heavy atom. The highest BCUT2D eigenvalue weighted by Gasteiger charge is 2.32. The average molecular weight is 182 g/mol. The molecule has 0 nitrogen and oxygen atoms in total. The van der Waals surface area contributed by atoms with Crippen LogP contribution in [0.3, 0.4) is 0 Å². The second-order valence-electron chi connectivity index (χ2n) is 5.20. The van der Waals surface area contributed by atoms with Crippen molar-refractivity contribution in [1.82, 2.24) is 0 Å². The lowest BCUT2D eigenvalue weighted by Crippen LogP contribution is -2.27. The van der Waals surface area contributed by atoms with Crippen LogP contribution in [0.5, 0.6) is 0 Å². The third kappa shape index (κ3) is 3.00. The van der Waals surface area contributed by atoms with Gasteiger partial charge >= 0.3 is 0 Å². The smallest absolute Gasteiger partial charge is 0.0295 e. The Bertz CT molecular complexity index is 125. The second-order valence-corrected chi connectivity index (χ2v) is 5.20. The molecule has 13 heavy (non-hydrogen) atoms. The first-order chi connectivity index (χ1) is 6.22. The average Bonchev–Trinajstić information content (AvgIpc) is 2.04. The van der Waals surface area contributed by atoms with Gasteiger partial charge in [0.15, 0.2) is 0 Å². The van der Waals surface area contributed by atoms with E-state index in [0.717, 1.165) is 11.3 Å². The van der Waals surface area contributed by atoms with Gasteiger partial charge in [0, 0.05) is 0 Å². The minimum absolute atomic E-state index is 0.751. The largest absolute Gasteiger partial charge is 0.0654 e. The molecular weight excluding hydrogens is 156 g/mol. The van der Waals surface area contributed by atoms with E-state index in [1.165, 1.54) is 51.4 Å². The van der Waals surface area contributed by atoms with Gasteiger partial charge in [0.05, 0.1) is 0 Å². The van der Waals surface area contributed by atoms with Crippen molar-refractivity contribution in [3.63, 3.8) is 0 Å². The topological polar surface area (TPSA) is 0 Å². The molecule has 0 N–H and O–H groups in total. The molecule has 0 bridgehead atoms. The standard InChI is InChI=1S/C13H26/c1-4-8-13(9-5-2)10-6-7-12(3)11-13/h12H,4-11H2,1-3H3. The van der Waals surface area contributed by atoms with Crippen molar-refractivity contribution in [2.75, 3.05) is 0 Å². The van der Waals surface area contributed by atoms with Crippen molar-refractivity contribution in [2.24, 2.45) is 11.3 Å². The highest BCUT2D eigenvalue weighted by Crippen LogP contribution is 2.45. The van der Waals surface area contributed by atoms with E-state index in [1.807, 2.05) is 0 Å². The van der Waals surface area contributed by atoms with Crippen LogP contribution in [-0.4, -0.2) is 0 Å². The minimum atomic E-state index is 0.751. The molecule has 0 spiro atoms. The van der Waals surface area contributed by atoms with Crippen molar-refractivity contribution in [3.8, 4) is 0 Å². The third-order valence-electron chi connectivity index (χ3n) is 3.75. The minimum Gasteiger partial charge on any atom is -0.0654 e. The lowest BCUT2D eigenvalue weighted by atomic mass is 9.65. The molecule has 0 aliphatic heterocycles. The summed E-state index contributed by atoms with van der Waals surface area (Å²) in [5, 5.41) is 0. The lowest BCUT2D eigenvalue weighted by molar-refractivity contribution is 0.118. The van der Waals surface area contributed by atoms with Crippen molar-refractivity contribution >= 4 is 0 Å². The van der Waals surface area contributed by atoms with Gasteiger partial charge in [-0.1, -0.05) is 46.5 Å². The van der Waals surface area contributed by atoms with E-state index in [2.05, 4.69) is 20.8 Å². The molecule has 0 aromatic rings. The van der Waals surface area contributed by atoms with Crippen LogP contribution in [0.15, 0.2) is 0 Å². The van der Waals surface area contributed by atoms with Gasteiger partial charge in [-0.3, -0.25) is 0 Å². The maximum absolute atomic E-state index is 2.44. The molecule has 0 saturated heterocycles. The van der Waals surface area contributed by atoms with E-state index in [-0.39, 0.29) is 0 Å². The molecular formula is C13H26. The van der Waals surface area contributed by atoms with Crippen molar-refractivity contribution in [3.05, 3.63) is 0 Å². The lowest BCUT2D eigenvalue weighted by Gasteiger charge is -2.40. The molecule has 78 valence electrons. The highest BCUT2D eigenvalue weighted by molar-refractivity contribution is 4.84. The van der Waals surface area contributed by atoms with E-state index >= 15 is 0 Å². The summed E-state index contributed by atoms with van der Waals surface area (Å²) < 4.78 is 0. The molecule has 0 aromatic heterocycles. The van der Waals surface area contributed by atoms with Gasteiger partial charge in [-0.15, -0.1) is 0 Å². The molecule has 1 aliphatic carbocycles. The summed E-state index contributed by atoms with van der Waals surface area (Å²) in [5.41, 5.74) is 0.751. The Morgan fingerprint density at radius 1 is 1.15 bits per heavy atom. The van der Waals surface area contributed by atoms with E-state index < -0.39 is 0 Å². The summed E-state index contributed by atoms with van der Waals surface area (Å²) in [6.45, 7) is 7.13. The molecule has 0 heteroatoms. The van der Waals surface area contributed by atoms with E-state index in [9.17, 15) is 0 Å². The van der Waals surface area contributed by atoms with Crippen LogP contribution in [0.2, 0.25) is 0 Å². The van der Waals surface area contributed by atoms with E-state index in [4.69, 9.17) is 0 Å². The van der Waals surface area contributed by atoms with Crippen LogP contribution in [-0.2, 0) is 0 Å². The maximum Gasteiger partial charge on any atom is -0.0295 e. The van der Waals surface area contributed by atoms with Crippen molar-refractivity contribution in [1.29, 1.82) is 0 Å². The van der Waals surface area contributed by atoms with Gasteiger partial charge in [0.25, 0.3) is 0 Å². The zero-order valence-corrected chi connectivity index (χ0v) is 9.73. The van der Waals surface area contributed by atoms with Crippen LogP contribution >= 0.6 is 0 Å².